The van der Waals surface area contributed by atoms with Gasteiger partial charge in [0.1, 0.15) is 5.75 Å². The van der Waals surface area contributed by atoms with E-state index in [1.807, 2.05) is 37.3 Å². The van der Waals surface area contributed by atoms with Crippen molar-refractivity contribution >= 4 is 21.6 Å². The molecule has 1 amide bonds. The number of rotatable bonds is 9. The van der Waals surface area contributed by atoms with E-state index in [1.54, 1.807) is 36.2 Å². The summed E-state index contributed by atoms with van der Waals surface area (Å²) >= 11 is 0. The van der Waals surface area contributed by atoms with Crippen molar-refractivity contribution in [2.45, 2.75) is 19.9 Å². The Morgan fingerprint density at radius 3 is 2.30 bits per heavy atom. The number of hydrogen-bond donors (Lipinski definition) is 0. The molecule has 27 heavy (non-hydrogen) atoms. The molecule has 0 saturated heterocycles. The van der Waals surface area contributed by atoms with Gasteiger partial charge in [0.15, 0.2) is 0 Å². The highest BCUT2D eigenvalue weighted by atomic mass is 32.2. The zero-order valence-electron chi connectivity index (χ0n) is 16.0. The molecule has 0 atom stereocenters. The van der Waals surface area contributed by atoms with E-state index in [-0.39, 0.29) is 18.9 Å². The quantitative estimate of drug-likeness (QED) is 0.660. The normalized spacial score (nSPS) is 11.1. The number of para-hydroxylation sites is 2. The van der Waals surface area contributed by atoms with Crippen LogP contribution in [0.2, 0.25) is 0 Å². The van der Waals surface area contributed by atoms with E-state index in [9.17, 15) is 13.2 Å². The molecule has 7 heteroatoms. The Balaban J connectivity index is 2.10. The highest BCUT2D eigenvalue weighted by Gasteiger charge is 2.22. The van der Waals surface area contributed by atoms with Gasteiger partial charge in [0.2, 0.25) is 15.9 Å². The van der Waals surface area contributed by atoms with Gasteiger partial charge in [-0.2, -0.15) is 0 Å². The van der Waals surface area contributed by atoms with Crippen LogP contribution in [-0.4, -0.2) is 45.7 Å². The summed E-state index contributed by atoms with van der Waals surface area (Å²) < 4.78 is 31.4. The van der Waals surface area contributed by atoms with Crippen LogP contribution in [0.25, 0.3) is 0 Å². The van der Waals surface area contributed by atoms with Gasteiger partial charge in [0, 0.05) is 26.6 Å². The molecule has 0 N–H and O–H groups in total. The highest BCUT2D eigenvalue weighted by Crippen LogP contribution is 2.30. The van der Waals surface area contributed by atoms with Crippen LogP contribution in [0.5, 0.6) is 5.75 Å². The van der Waals surface area contributed by atoms with E-state index in [4.69, 9.17) is 4.74 Å². The first-order chi connectivity index (χ1) is 12.8. The molecule has 0 saturated carbocycles. The van der Waals surface area contributed by atoms with Crippen molar-refractivity contribution < 1.29 is 17.9 Å². The molecule has 0 aliphatic carbocycles. The first-order valence-electron chi connectivity index (χ1n) is 8.80. The van der Waals surface area contributed by atoms with Crippen LogP contribution in [0.15, 0.2) is 54.6 Å². The average molecular weight is 391 g/mol. The van der Waals surface area contributed by atoms with E-state index in [1.165, 1.54) is 4.31 Å². The molecule has 0 spiro atoms. The summed E-state index contributed by atoms with van der Waals surface area (Å²) in [6, 6.07) is 16.6. The fourth-order valence-corrected chi connectivity index (χ4v) is 3.67. The lowest BCUT2D eigenvalue weighted by molar-refractivity contribution is -0.130. The van der Waals surface area contributed by atoms with Crippen LogP contribution in [-0.2, 0) is 21.4 Å². The molecule has 0 bridgehead atoms. The standard InChI is InChI=1S/C20H26N2O4S/c1-4-26-19-13-9-8-12-18(19)22(27(3,24)25)15-14-20(23)21(2)16-17-10-6-5-7-11-17/h5-13H,4,14-16H2,1-3H3. The van der Waals surface area contributed by atoms with Crippen LogP contribution in [0, 0.1) is 0 Å². The van der Waals surface area contributed by atoms with Crippen LogP contribution in [0.1, 0.15) is 18.9 Å². The minimum absolute atomic E-state index is 0.0564. The van der Waals surface area contributed by atoms with Crippen LogP contribution >= 0.6 is 0 Å². The summed E-state index contributed by atoms with van der Waals surface area (Å²) in [5, 5.41) is 0. The summed E-state index contributed by atoms with van der Waals surface area (Å²) in [6.45, 7) is 2.80. The Bertz CT molecular complexity index is 853. The third-order valence-electron chi connectivity index (χ3n) is 4.05. The van der Waals surface area contributed by atoms with Crippen molar-refractivity contribution in [1.29, 1.82) is 0 Å². The SMILES string of the molecule is CCOc1ccccc1N(CCC(=O)N(C)Cc1ccccc1)S(C)(=O)=O. The van der Waals surface area contributed by atoms with E-state index in [2.05, 4.69) is 0 Å². The molecular formula is C20H26N2O4S. The molecule has 0 radical (unpaired) electrons. The predicted octanol–water partition coefficient (Wildman–Crippen LogP) is 2.90. The van der Waals surface area contributed by atoms with E-state index in [0.717, 1.165) is 11.8 Å². The molecule has 6 nitrogen and oxygen atoms in total. The molecule has 0 fully saturated rings. The minimum atomic E-state index is -3.56. The lowest BCUT2D eigenvalue weighted by Gasteiger charge is -2.25. The fraction of sp³-hybridized carbons (Fsp3) is 0.350. The molecule has 2 aromatic carbocycles. The minimum Gasteiger partial charge on any atom is -0.492 e. The zero-order valence-corrected chi connectivity index (χ0v) is 16.8. The maximum atomic E-state index is 12.5. The topological polar surface area (TPSA) is 66.9 Å². The first-order valence-corrected chi connectivity index (χ1v) is 10.6. The van der Waals surface area contributed by atoms with Crippen LogP contribution < -0.4 is 9.04 Å². The predicted molar refractivity (Wildman–Crippen MR) is 107 cm³/mol. The number of sulfonamides is 1. The van der Waals surface area contributed by atoms with Gasteiger partial charge in [-0.1, -0.05) is 42.5 Å². The van der Waals surface area contributed by atoms with Gasteiger partial charge in [-0.3, -0.25) is 9.10 Å². The van der Waals surface area contributed by atoms with Crippen molar-refractivity contribution in [1.82, 2.24) is 4.90 Å². The zero-order chi connectivity index (χ0) is 19.9. The number of benzene rings is 2. The van der Waals surface area contributed by atoms with Crippen molar-refractivity contribution in [2.75, 3.05) is 30.8 Å². The molecule has 0 aliphatic heterocycles. The number of carbonyl (C=O) groups excluding carboxylic acids is 1. The fourth-order valence-electron chi connectivity index (χ4n) is 2.74. The van der Waals surface area contributed by atoms with Gasteiger partial charge in [0.25, 0.3) is 0 Å². The van der Waals surface area contributed by atoms with E-state index in [0.29, 0.717) is 24.6 Å². The number of carbonyl (C=O) groups is 1. The van der Waals surface area contributed by atoms with Gasteiger partial charge in [-0.15, -0.1) is 0 Å². The molecule has 2 aromatic rings. The summed E-state index contributed by atoms with van der Waals surface area (Å²) in [5.41, 5.74) is 1.47. The molecule has 0 heterocycles. The summed E-state index contributed by atoms with van der Waals surface area (Å²) in [5.74, 6) is 0.358. The van der Waals surface area contributed by atoms with E-state index >= 15 is 0 Å². The molecule has 0 unspecified atom stereocenters. The molecule has 0 aliphatic rings. The Kier molecular flexibility index (Phi) is 7.24. The lowest BCUT2D eigenvalue weighted by atomic mass is 10.2. The smallest absolute Gasteiger partial charge is 0.232 e. The first kappa shape index (κ1) is 20.8. The van der Waals surface area contributed by atoms with Crippen molar-refractivity contribution in [3.63, 3.8) is 0 Å². The second kappa shape index (κ2) is 9.41. The van der Waals surface area contributed by atoms with Gasteiger partial charge >= 0.3 is 0 Å². The summed E-state index contributed by atoms with van der Waals surface area (Å²) in [7, 11) is -1.84. The largest absolute Gasteiger partial charge is 0.492 e. The number of nitrogens with zero attached hydrogens (tertiary/aromatic N) is 2. The number of amides is 1. The Hall–Kier alpha value is -2.54. The lowest BCUT2D eigenvalue weighted by Crippen LogP contribution is -2.35. The average Bonchev–Trinajstić information content (AvgIpc) is 2.63. The number of ether oxygens (including phenoxy) is 1. The van der Waals surface area contributed by atoms with Crippen LogP contribution in [0.3, 0.4) is 0 Å². The third-order valence-corrected chi connectivity index (χ3v) is 5.23. The molecule has 146 valence electrons. The monoisotopic (exact) mass is 390 g/mol. The van der Waals surface area contributed by atoms with E-state index < -0.39 is 10.0 Å². The Morgan fingerprint density at radius 2 is 1.67 bits per heavy atom. The summed E-state index contributed by atoms with van der Waals surface area (Å²) in [4.78, 5) is 14.1. The second-order valence-electron chi connectivity index (χ2n) is 6.22. The van der Waals surface area contributed by atoms with Gasteiger partial charge in [-0.05, 0) is 24.6 Å². The molecule has 2 rings (SSSR count). The Morgan fingerprint density at radius 1 is 1.04 bits per heavy atom. The van der Waals surface area contributed by atoms with Crippen LogP contribution in [0.4, 0.5) is 5.69 Å². The van der Waals surface area contributed by atoms with Crippen molar-refractivity contribution in [3.05, 3.63) is 60.2 Å². The number of hydrogen-bond acceptors (Lipinski definition) is 4. The van der Waals surface area contributed by atoms with Crippen molar-refractivity contribution in [3.8, 4) is 5.75 Å². The highest BCUT2D eigenvalue weighted by molar-refractivity contribution is 7.92. The Labute approximate surface area is 161 Å². The van der Waals surface area contributed by atoms with Crippen molar-refractivity contribution in [2.24, 2.45) is 0 Å². The van der Waals surface area contributed by atoms with Gasteiger partial charge in [0.05, 0.1) is 18.6 Å². The third kappa shape index (κ3) is 5.99. The maximum Gasteiger partial charge on any atom is 0.232 e. The van der Waals surface area contributed by atoms with Gasteiger partial charge < -0.3 is 9.64 Å². The second-order valence-corrected chi connectivity index (χ2v) is 8.13. The number of anilines is 1. The molecule has 0 aromatic heterocycles. The maximum absolute atomic E-state index is 12.5. The van der Waals surface area contributed by atoms with Gasteiger partial charge in [-0.25, -0.2) is 8.42 Å². The summed E-state index contributed by atoms with van der Waals surface area (Å²) in [6.07, 6.45) is 1.21. The molecular weight excluding hydrogens is 364 g/mol.